The van der Waals surface area contributed by atoms with Gasteiger partial charge in [0.15, 0.2) is 0 Å². The quantitative estimate of drug-likeness (QED) is 0.744. The van der Waals surface area contributed by atoms with Gasteiger partial charge in [-0.25, -0.2) is 0 Å². The van der Waals surface area contributed by atoms with Crippen LogP contribution in [0.25, 0.3) is 0 Å². The van der Waals surface area contributed by atoms with Crippen molar-refractivity contribution in [3.05, 3.63) is 29.8 Å². The SMILES string of the molecule is Cc1ccc(NC(C)C(C)N)cc1. The van der Waals surface area contributed by atoms with Crippen molar-refractivity contribution in [2.45, 2.75) is 32.9 Å². The second kappa shape index (κ2) is 4.28. The Balaban J connectivity index is 2.59. The minimum Gasteiger partial charge on any atom is -0.381 e. The van der Waals surface area contributed by atoms with E-state index in [2.05, 4.69) is 43.4 Å². The van der Waals surface area contributed by atoms with Crippen LogP contribution in [0.15, 0.2) is 24.3 Å². The number of hydrogen-bond donors (Lipinski definition) is 2. The van der Waals surface area contributed by atoms with E-state index in [1.807, 2.05) is 6.92 Å². The van der Waals surface area contributed by atoms with Gasteiger partial charge in [0.05, 0.1) is 0 Å². The summed E-state index contributed by atoms with van der Waals surface area (Å²) in [5, 5.41) is 3.34. The number of anilines is 1. The monoisotopic (exact) mass is 178 g/mol. The highest BCUT2D eigenvalue weighted by molar-refractivity contribution is 5.45. The molecule has 0 amide bonds. The molecule has 2 heteroatoms. The van der Waals surface area contributed by atoms with Gasteiger partial charge in [-0.1, -0.05) is 17.7 Å². The van der Waals surface area contributed by atoms with E-state index < -0.39 is 0 Å². The maximum atomic E-state index is 5.75. The van der Waals surface area contributed by atoms with Crippen LogP contribution in [0, 0.1) is 6.92 Å². The second-order valence-electron chi connectivity index (χ2n) is 3.66. The van der Waals surface area contributed by atoms with Gasteiger partial charge >= 0.3 is 0 Å². The summed E-state index contributed by atoms with van der Waals surface area (Å²) in [6.07, 6.45) is 0. The fourth-order valence-corrected chi connectivity index (χ4v) is 1.04. The second-order valence-corrected chi connectivity index (χ2v) is 3.66. The number of hydrogen-bond acceptors (Lipinski definition) is 2. The lowest BCUT2D eigenvalue weighted by Crippen LogP contribution is -2.35. The highest BCUT2D eigenvalue weighted by atomic mass is 14.9. The first-order valence-electron chi connectivity index (χ1n) is 4.68. The fraction of sp³-hybridized carbons (Fsp3) is 0.455. The first-order valence-corrected chi connectivity index (χ1v) is 4.68. The van der Waals surface area contributed by atoms with Crippen molar-refractivity contribution in [1.29, 1.82) is 0 Å². The zero-order chi connectivity index (χ0) is 9.84. The Morgan fingerprint density at radius 1 is 1.15 bits per heavy atom. The molecule has 0 aliphatic rings. The summed E-state index contributed by atoms with van der Waals surface area (Å²) >= 11 is 0. The molecule has 2 unspecified atom stereocenters. The maximum absolute atomic E-state index is 5.75. The first kappa shape index (κ1) is 10.1. The Hall–Kier alpha value is -1.02. The molecule has 1 aromatic rings. The van der Waals surface area contributed by atoms with Crippen LogP contribution in [-0.4, -0.2) is 12.1 Å². The minimum absolute atomic E-state index is 0.168. The number of benzene rings is 1. The molecular formula is C11H18N2. The number of rotatable bonds is 3. The van der Waals surface area contributed by atoms with E-state index in [1.54, 1.807) is 0 Å². The summed E-state index contributed by atoms with van der Waals surface area (Å²) in [5.74, 6) is 0. The molecule has 0 aromatic heterocycles. The topological polar surface area (TPSA) is 38.0 Å². The van der Waals surface area contributed by atoms with Gasteiger partial charge in [0.1, 0.15) is 0 Å². The third-order valence-electron chi connectivity index (χ3n) is 2.23. The Morgan fingerprint density at radius 3 is 2.15 bits per heavy atom. The third kappa shape index (κ3) is 3.07. The van der Waals surface area contributed by atoms with Crippen LogP contribution < -0.4 is 11.1 Å². The zero-order valence-corrected chi connectivity index (χ0v) is 8.54. The van der Waals surface area contributed by atoms with Crippen molar-refractivity contribution in [3.8, 4) is 0 Å². The van der Waals surface area contributed by atoms with E-state index in [-0.39, 0.29) is 6.04 Å². The van der Waals surface area contributed by atoms with Crippen molar-refractivity contribution in [2.75, 3.05) is 5.32 Å². The largest absolute Gasteiger partial charge is 0.381 e. The van der Waals surface area contributed by atoms with Gasteiger partial charge < -0.3 is 11.1 Å². The molecule has 3 N–H and O–H groups in total. The molecule has 2 nitrogen and oxygen atoms in total. The summed E-state index contributed by atoms with van der Waals surface area (Å²) in [7, 11) is 0. The van der Waals surface area contributed by atoms with Crippen LogP contribution in [0.4, 0.5) is 5.69 Å². The Morgan fingerprint density at radius 2 is 1.69 bits per heavy atom. The number of aryl methyl sites for hydroxylation is 1. The molecule has 1 rings (SSSR count). The van der Waals surface area contributed by atoms with Crippen molar-refractivity contribution in [1.82, 2.24) is 0 Å². The lowest BCUT2D eigenvalue weighted by molar-refractivity contribution is 0.638. The molecule has 0 bridgehead atoms. The standard InChI is InChI=1S/C11H18N2/c1-8-4-6-11(7-5-8)13-10(3)9(2)12/h4-7,9-10,13H,12H2,1-3H3. The molecule has 0 aliphatic carbocycles. The van der Waals surface area contributed by atoms with Gasteiger partial charge in [-0.3, -0.25) is 0 Å². The summed E-state index contributed by atoms with van der Waals surface area (Å²) < 4.78 is 0. The molecular weight excluding hydrogens is 160 g/mol. The summed E-state index contributed by atoms with van der Waals surface area (Å²) in [5.41, 5.74) is 8.16. The molecule has 0 saturated heterocycles. The highest BCUT2D eigenvalue weighted by Gasteiger charge is 2.05. The molecule has 0 heterocycles. The van der Waals surface area contributed by atoms with Crippen molar-refractivity contribution in [3.63, 3.8) is 0 Å². The summed E-state index contributed by atoms with van der Waals surface area (Å²) in [6.45, 7) is 6.18. The Bertz CT molecular complexity index is 251. The van der Waals surface area contributed by atoms with Gasteiger partial charge in [0, 0.05) is 17.8 Å². The van der Waals surface area contributed by atoms with Gasteiger partial charge in [0.2, 0.25) is 0 Å². The molecule has 0 fully saturated rings. The van der Waals surface area contributed by atoms with Gasteiger partial charge in [0.25, 0.3) is 0 Å². The normalized spacial score (nSPS) is 15.1. The van der Waals surface area contributed by atoms with Crippen molar-refractivity contribution < 1.29 is 0 Å². The molecule has 0 saturated carbocycles. The lowest BCUT2D eigenvalue weighted by atomic mass is 10.1. The lowest BCUT2D eigenvalue weighted by Gasteiger charge is -2.18. The van der Waals surface area contributed by atoms with Gasteiger partial charge in [-0.05, 0) is 32.9 Å². The number of nitrogens with one attached hydrogen (secondary N) is 1. The predicted molar refractivity (Wildman–Crippen MR) is 57.9 cm³/mol. The molecule has 0 spiro atoms. The first-order chi connectivity index (χ1) is 6.09. The van der Waals surface area contributed by atoms with Crippen LogP contribution in [0.1, 0.15) is 19.4 Å². The molecule has 72 valence electrons. The highest BCUT2D eigenvalue weighted by Crippen LogP contribution is 2.10. The summed E-state index contributed by atoms with van der Waals surface area (Å²) in [4.78, 5) is 0. The molecule has 0 aliphatic heterocycles. The smallest absolute Gasteiger partial charge is 0.0381 e. The van der Waals surface area contributed by atoms with Crippen LogP contribution in [0.2, 0.25) is 0 Å². The maximum Gasteiger partial charge on any atom is 0.0381 e. The van der Waals surface area contributed by atoms with Crippen LogP contribution in [0.5, 0.6) is 0 Å². The molecule has 1 aromatic carbocycles. The van der Waals surface area contributed by atoms with Crippen LogP contribution in [-0.2, 0) is 0 Å². The van der Waals surface area contributed by atoms with Gasteiger partial charge in [-0.2, -0.15) is 0 Å². The van der Waals surface area contributed by atoms with Gasteiger partial charge in [-0.15, -0.1) is 0 Å². The molecule has 0 radical (unpaired) electrons. The van der Waals surface area contributed by atoms with E-state index in [0.717, 1.165) is 5.69 Å². The van der Waals surface area contributed by atoms with Crippen LogP contribution in [0.3, 0.4) is 0 Å². The average molecular weight is 178 g/mol. The fourth-order valence-electron chi connectivity index (χ4n) is 1.04. The molecule has 13 heavy (non-hydrogen) atoms. The minimum atomic E-state index is 0.168. The Labute approximate surface area is 80.1 Å². The molecule has 2 atom stereocenters. The van der Waals surface area contributed by atoms with E-state index in [0.29, 0.717) is 6.04 Å². The number of nitrogens with two attached hydrogens (primary N) is 1. The van der Waals surface area contributed by atoms with Crippen LogP contribution >= 0.6 is 0 Å². The van der Waals surface area contributed by atoms with E-state index in [4.69, 9.17) is 5.73 Å². The van der Waals surface area contributed by atoms with E-state index in [9.17, 15) is 0 Å². The Kier molecular flexibility index (Phi) is 3.32. The third-order valence-corrected chi connectivity index (χ3v) is 2.23. The predicted octanol–water partition coefficient (Wildman–Crippen LogP) is 2.14. The van der Waals surface area contributed by atoms with E-state index >= 15 is 0 Å². The zero-order valence-electron chi connectivity index (χ0n) is 8.54. The average Bonchev–Trinajstić information content (AvgIpc) is 2.08. The summed E-state index contributed by atoms with van der Waals surface area (Å²) in [6, 6.07) is 8.82. The van der Waals surface area contributed by atoms with E-state index in [1.165, 1.54) is 5.56 Å². The van der Waals surface area contributed by atoms with Crippen molar-refractivity contribution in [2.24, 2.45) is 5.73 Å². The van der Waals surface area contributed by atoms with Crippen molar-refractivity contribution >= 4 is 5.69 Å².